The van der Waals surface area contributed by atoms with E-state index in [9.17, 15) is 43.2 Å². The van der Waals surface area contributed by atoms with Crippen molar-refractivity contribution in [2.75, 3.05) is 94.4 Å². The Morgan fingerprint density at radius 2 is 1.49 bits per heavy atom. The van der Waals surface area contributed by atoms with E-state index in [0.29, 0.717) is 84.0 Å². The molecule has 0 aliphatic carbocycles. The number of piperazine rings is 1. The highest BCUT2D eigenvalue weighted by atomic mass is 35.5. The number of hydrogen-bond acceptors (Lipinski definition) is 13. The molecule has 0 radical (unpaired) electrons. The summed E-state index contributed by atoms with van der Waals surface area (Å²) in [6, 6.07) is 21.8. The molecule has 2 fully saturated rings. The molecular weight excluding hydrogens is 1090 g/mol. The largest absolute Gasteiger partial charge is 0.415 e. The Bertz CT molecular complexity index is 3060. The lowest BCUT2D eigenvalue weighted by atomic mass is 10.0. The second kappa shape index (κ2) is 32.1. The number of carbonyl (C=O) groups is 9. The number of nitrogens with two attached hydrogens (primary N) is 1. The fourth-order valence-electron chi connectivity index (χ4n) is 9.24. The molecule has 8 rings (SSSR count). The smallest absolute Gasteiger partial charge is 0.409 e. The number of likely N-dealkylation sites (N-methyl/N-ethyl adjacent to an activating group) is 1. The van der Waals surface area contributed by atoms with Crippen LogP contribution in [0.5, 0.6) is 5.75 Å². The van der Waals surface area contributed by atoms with Crippen LogP contribution in [0.3, 0.4) is 0 Å². The third-order valence-electron chi connectivity index (χ3n) is 13.5. The number of thiol groups is 1. The number of carbonyl (C=O) groups excluding carboxylic acids is 9. The van der Waals surface area contributed by atoms with E-state index in [-0.39, 0.29) is 74.5 Å². The summed E-state index contributed by atoms with van der Waals surface area (Å²) in [5.74, 6) is -2.10. The maximum atomic E-state index is 14.1. The number of nitrogens with one attached hydrogen (secondary N) is 7. The molecule has 3 aliphatic rings. The lowest BCUT2D eigenvalue weighted by Gasteiger charge is -2.31. The van der Waals surface area contributed by atoms with E-state index in [1.807, 2.05) is 65.9 Å². The van der Waals surface area contributed by atoms with Crippen molar-refractivity contribution in [3.05, 3.63) is 95.7 Å². The van der Waals surface area contributed by atoms with Crippen LogP contribution in [-0.4, -0.2) is 163 Å². The zero-order valence-corrected chi connectivity index (χ0v) is 49.3. The van der Waals surface area contributed by atoms with E-state index in [4.69, 9.17) is 10.5 Å². The Morgan fingerprint density at radius 1 is 0.805 bits per heavy atom. The first-order chi connectivity index (χ1) is 39.4. The molecule has 2 atom stereocenters. The van der Waals surface area contributed by atoms with Crippen molar-refractivity contribution in [2.45, 2.75) is 78.0 Å². The van der Waals surface area contributed by atoms with Gasteiger partial charge in [0.15, 0.2) is 0 Å². The highest BCUT2D eigenvalue weighted by Gasteiger charge is 2.36. The Hall–Kier alpha value is -7.73. The van der Waals surface area contributed by atoms with Crippen LogP contribution < -0.4 is 47.3 Å². The van der Waals surface area contributed by atoms with Gasteiger partial charge in [-0.05, 0) is 91.7 Å². The van der Waals surface area contributed by atoms with Crippen LogP contribution in [0.1, 0.15) is 86.7 Å². The normalized spacial score (nSPS) is 15.0. The zero-order valence-electron chi connectivity index (χ0n) is 47.6. The van der Waals surface area contributed by atoms with Crippen LogP contribution in [-0.2, 0) is 30.4 Å². The minimum Gasteiger partial charge on any atom is -0.409 e. The first-order valence-electron chi connectivity index (χ1n) is 27.5. The lowest BCUT2D eigenvalue weighted by Crippen LogP contribution is -2.50. The monoisotopic (exact) mass is 1170 g/mol. The number of benzene rings is 4. The fourth-order valence-corrected chi connectivity index (χ4v) is 9.53. The van der Waals surface area contributed by atoms with E-state index in [2.05, 4.69) is 66.0 Å². The van der Waals surface area contributed by atoms with Gasteiger partial charge in [-0.2, -0.15) is 12.6 Å². The van der Waals surface area contributed by atoms with E-state index in [0.717, 1.165) is 40.7 Å². The number of urea groups is 1. The van der Waals surface area contributed by atoms with Crippen molar-refractivity contribution < 1.29 is 47.9 Å². The molecule has 9 N–H and O–H groups in total. The number of anilines is 3. The maximum absolute atomic E-state index is 14.1. The fraction of sp³-hybridized carbons (Fsp3) is 0.431. The van der Waals surface area contributed by atoms with Crippen LogP contribution in [0.25, 0.3) is 21.7 Å². The second-order valence-electron chi connectivity index (χ2n) is 19.6. The molecule has 0 spiro atoms. The average molecular weight is 1170 g/mol. The zero-order chi connectivity index (χ0) is 60.0. The molecule has 24 heteroatoms. The third kappa shape index (κ3) is 17.9. The van der Waals surface area contributed by atoms with Gasteiger partial charge < -0.3 is 62.1 Å². The van der Waals surface area contributed by atoms with Crippen molar-refractivity contribution in [2.24, 2.45) is 11.7 Å². The molecule has 82 heavy (non-hydrogen) atoms. The molecule has 3 aliphatic heterocycles. The minimum absolute atomic E-state index is 0.0652. The summed E-state index contributed by atoms with van der Waals surface area (Å²) in [7, 11) is 2.02. The number of fused-ring (bicyclic) bond motifs is 4. The molecule has 1 aromatic heterocycles. The molecular formula is C58H77ClN12O10S. The Kier molecular flexibility index (Phi) is 25.4. The number of aromatic amines is 1. The summed E-state index contributed by atoms with van der Waals surface area (Å²) in [4.78, 5) is 123. The quantitative estimate of drug-likeness (QED) is 0.0197. The summed E-state index contributed by atoms with van der Waals surface area (Å²) >= 11 is 8.74. The van der Waals surface area contributed by atoms with Gasteiger partial charge in [0.2, 0.25) is 29.5 Å². The van der Waals surface area contributed by atoms with Crippen molar-refractivity contribution in [1.82, 2.24) is 41.0 Å². The predicted molar refractivity (Wildman–Crippen MR) is 323 cm³/mol. The number of aromatic nitrogens is 1. The Morgan fingerprint density at radius 3 is 2.12 bits per heavy atom. The molecule has 4 heterocycles. The van der Waals surface area contributed by atoms with Gasteiger partial charge in [-0.15, -0.1) is 11.6 Å². The summed E-state index contributed by atoms with van der Waals surface area (Å²) in [6.45, 7) is 13.9. The molecule has 0 saturated carbocycles. The molecule has 442 valence electrons. The molecule has 4 aromatic carbocycles. The van der Waals surface area contributed by atoms with Crippen molar-refractivity contribution in [3.8, 4) is 5.75 Å². The van der Waals surface area contributed by atoms with Gasteiger partial charge in [0.05, 0.1) is 23.5 Å². The SMILES string of the molecule is CC.CC(C)C(NCCNC(=O)CCCN1C(=O)CC(S)C1=O)C(=O)NCC(=O)Nc1ccc(C(=O)Nc2ccc3[nH]c(C(=O)N4CCc5c4cc(OC(=O)N4CCN(C)CC4)c4ccccc54)cc3c2)cc1.CCCNC(N)=O.CCl. The first-order valence-corrected chi connectivity index (χ1v) is 28.7. The second-order valence-corrected chi connectivity index (χ2v) is 20.2. The maximum Gasteiger partial charge on any atom is 0.415 e. The number of hydrogen-bond donors (Lipinski definition) is 9. The van der Waals surface area contributed by atoms with Gasteiger partial charge in [0.25, 0.3) is 11.8 Å². The molecule has 0 bridgehead atoms. The summed E-state index contributed by atoms with van der Waals surface area (Å²) in [6.07, 6.45) is 3.15. The van der Waals surface area contributed by atoms with E-state index in [1.165, 1.54) is 6.38 Å². The average Bonchev–Trinajstić information content (AvgIpc) is 3.28. The molecule has 10 amide bonds. The van der Waals surface area contributed by atoms with Gasteiger partial charge in [0.1, 0.15) is 11.4 Å². The number of primary amides is 1. The van der Waals surface area contributed by atoms with E-state index in [1.54, 1.807) is 64.4 Å². The lowest BCUT2D eigenvalue weighted by molar-refractivity contribution is -0.138. The number of likely N-dealkylation sites (tertiary alicyclic amines) is 1. The van der Waals surface area contributed by atoms with E-state index < -0.39 is 35.2 Å². The number of alkyl halides is 1. The standard InChI is InChI=1S/C51H58N10O9S.C4H10N2O.C2H6.CH3Cl/c1-30(2)46(53-18-17-52-43(62)9-6-19-61-45(64)28-42(71)50(61)68)48(66)54-29-44(63)55-33-12-10-31(11-13-33)47(65)56-34-14-15-38-32(25-34)26-39(57-38)49(67)60-20-16-36-35-7-4-5-8-37(35)41(27-40(36)60)70-51(69)59-23-21-58(3)22-24-59;1-2-3-6-4(5)7;2*1-2/h4-5,7-8,10-15,25-27,30,42,46,53,57,71H,6,9,16-24,28-29H2,1-3H3,(H,52,62)(H,54,66)(H,55,63)(H,56,65);2-3H2,1H3,(H3,5,6,7);1-2H3;1H3. The van der Waals surface area contributed by atoms with Crippen LogP contribution >= 0.6 is 24.2 Å². The first kappa shape index (κ1) is 65.1. The molecule has 2 saturated heterocycles. The number of rotatable bonds is 19. The number of H-pyrrole nitrogens is 1. The Labute approximate surface area is 488 Å². The minimum atomic E-state index is -0.641. The summed E-state index contributed by atoms with van der Waals surface area (Å²) in [5.41, 5.74) is 8.75. The molecule has 5 aromatic rings. The molecule has 22 nitrogen and oxygen atoms in total. The number of ether oxygens (including phenoxy) is 1. The summed E-state index contributed by atoms with van der Waals surface area (Å²) in [5, 5.41) is 18.4. The van der Waals surface area contributed by atoms with Gasteiger partial charge in [0, 0.05) is 117 Å². The highest BCUT2D eigenvalue weighted by Crippen LogP contribution is 2.41. The number of halogens is 1. The topological polar surface area (TPSA) is 290 Å². The predicted octanol–water partition coefficient (Wildman–Crippen LogP) is 6.09. The van der Waals surface area contributed by atoms with Crippen LogP contribution in [0.4, 0.5) is 26.7 Å². The summed E-state index contributed by atoms with van der Waals surface area (Å²) < 4.78 is 6.01. The third-order valence-corrected chi connectivity index (χ3v) is 13.9. The number of imide groups is 1. The van der Waals surface area contributed by atoms with Crippen LogP contribution in [0.2, 0.25) is 0 Å². The van der Waals surface area contributed by atoms with Crippen LogP contribution in [0, 0.1) is 5.92 Å². The van der Waals surface area contributed by atoms with Gasteiger partial charge in [-0.1, -0.05) is 58.9 Å². The Balaban J connectivity index is 0.00000103. The van der Waals surface area contributed by atoms with Crippen LogP contribution in [0.15, 0.2) is 78.9 Å². The number of nitrogens with zero attached hydrogens (tertiary/aromatic N) is 4. The van der Waals surface area contributed by atoms with Crippen molar-refractivity contribution >= 4 is 116 Å². The molecule has 2 unspecified atom stereocenters. The van der Waals surface area contributed by atoms with E-state index >= 15 is 0 Å². The highest BCUT2D eigenvalue weighted by molar-refractivity contribution is 7.81. The van der Waals surface area contributed by atoms with Gasteiger partial charge in [-0.3, -0.25) is 38.5 Å². The van der Waals surface area contributed by atoms with Crippen molar-refractivity contribution in [3.63, 3.8) is 0 Å². The number of amides is 10. The van der Waals surface area contributed by atoms with Gasteiger partial charge >= 0.3 is 12.1 Å². The van der Waals surface area contributed by atoms with Gasteiger partial charge in [-0.25, -0.2) is 9.59 Å². The van der Waals surface area contributed by atoms with Crippen molar-refractivity contribution in [1.29, 1.82) is 0 Å².